The van der Waals surface area contributed by atoms with Crippen LogP contribution in [0.5, 0.6) is 0 Å². The first kappa shape index (κ1) is 13.1. The molecule has 15 heavy (non-hydrogen) atoms. The molecule has 0 aromatic rings. The van der Waals surface area contributed by atoms with Crippen molar-refractivity contribution in [2.75, 3.05) is 5.75 Å². The van der Waals surface area contributed by atoms with E-state index >= 15 is 0 Å². The Morgan fingerprint density at radius 3 is 2.73 bits per heavy atom. The minimum atomic E-state index is 0.0323. The number of thiocarbonyl (C=S) groups is 2. The molecule has 1 aliphatic rings. The second-order valence-corrected chi connectivity index (χ2v) is 6.55. The summed E-state index contributed by atoms with van der Waals surface area (Å²) in [5.74, 6) is 1.59. The largest absolute Gasteiger partial charge is 0.372 e. The first-order valence-corrected chi connectivity index (χ1v) is 6.91. The monoisotopic (exact) mass is 259 g/mol. The minimum Gasteiger partial charge on any atom is -0.372 e. The van der Waals surface area contributed by atoms with Crippen LogP contribution in [0.4, 0.5) is 0 Å². The van der Waals surface area contributed by atoms with Crippen LogP contribution in [0.1, 0.15) is 27.2 Å². The lowest BCUT2D eigenvalue weighted by Crippen LogP contribution is -2.38. The first-order valence-electron chi connectivity index (χ1n) is 5.04. The standard InChI is InChI=1S/C11H17NS3/c1-11(2,3)12-10(14)6-9-8(7-13)4-5-15-9/h6-8H,4-5H2,1-3H3,(H,12,14)/b9-6+. The summed E-state index contributed by atoms with van der Waals surface area (Å²) in [6.45, 7) is 6.32. The van der Waals surface area contributed by atoms with Gasteiger partial charge < -0.3 is 5.32 Å². The summed E-state index contributed by atoms with van der Waals surface area (Å²) in [6.07, 6.45) is 3.21. The van der Waals surface area contributed by atoms with Gasteiger partial charge in [-0.1, -0.05) is 24.4 Å². The molecule has 1 aliphatic heterocycles. The van der Waals surface area contributed by atoms with Crippen molar-refractivity contribution in [1.82, 2.24) is 5.32 Å². The Balaban J connectivity index is 2.62. The summed E-state index contributed by atoms with van der Waals surface area (Å²) < 4.78 is 0. The number of hydrogen-bond donors (Lipinski definition) is 1. The maximum absolute atomic E-state index is 5.29. The molecule has 1 saturated heterocycles. The van der Waals surface area contributed by atoms with Gasteiger partial charge in [-0.3, -0.25) is 0 Å². The van der Waals surface area contributed by atoms with Gasteiger partial charge in [0.2, 0.25) is 0 Å². The lowest BCUT2D eigenvalue weighted by Gasteiger charge is -2.21. The normalized spacial score (nSPS) is 24.2. The van der Waals surface area contributed by atoms with Gasteiger partial charge in [-0.2, -0.15) is 0 Å². The lowest BCUT2D eigenvalue weighted by molar-refractivity contribution is 0.516. The summed E-state index contributed by atoms with van der Waals surface area (Å²) >= 11 is 12.2. The van der Waals surface area contributed by atoms with Crippen LogP contribution in [0.15, 0.2) is 11.0 Å². The van der Waals surface area contributed by atoms with Gasteiger partial charge in [-0.05, 0) is 49.3 Å². The van der Waals surface area contributed by atoms with Gasteiger partial charge in [0.1, 0.15) is 0 Å². The quantitative estimate of drug-likeness (QED) is 0.602. The Bertz CT molecular complexity index is 289. The summed E-state index contributed by atoms with van der Waals surface area (Å²) in [7, 11) is 0. The molecule has 1 N–H and O–H groups in total. The van der Waals surface area contributed by atoms with Crippen molar-refractivity contribution in [2.45, 2.75) is 32.7 Å². The highest BCUT2D eigenvalue weighted by Crippen LogP contribution is 2.35. The molecule has 0 aliphatic carbocycles. The number of thioether (sulfide) groups is 1. The lowest BCUT2D eigenvalue weighted by atomic mass is 10.1. The minimum absolute atomic E-state index is 0.0323. The van der Waals surface area contributed by atoms with E-state index in [0.29, 0.717) is 5.92 Å². The van der Waals surface area contributed by atoms with Crippen LogP contribution in [-0.4, -0.2) is 21.6 Å². The Morgan fingerprint density at radius 1 is 1.53 bits per heavy atom. The van der Waals surface area contributed by atoms with Crippen molar-refractivity contribution < 1.29 is 0 Å². The van der Waals surface area contributed by atoms with Crippen LogP contribution in [0.3, 0.4) is 0 Å². The molecule has 0 aromatic carbocycles. The van der Waals surface area contributed by atoms with E-state index in [-0.39, 0.29) is 5.54 Å². The zero-order valence-corrected chi connectivity index (χ0v) is 11.8. The topological polar surface area (TPSA) is 12.0 Å². The van der Waals surface area contributed by atoms with Crippen molar-refractivity contribution in [1.29, 1.82) is 0 Å². The fourth-order valence-corrected chi connectivity index (χ4v) is 3.46. The van der Waals surface area contributed by atoms with Gasteiger partial charge in [0.05, 0.1) is 4.99 Å². The van der Waals surface area contributed by atoms with Gasteiger partial charge in [-0.15, -0.1) is 11.8 Å². The highest BCUT2D eigenvalue weighted by atomic mass is 32.2. The highest BCUT2D eigenvalue weighted by Gasteiger charge is 2.20. The Morgan fingerprint density at radius 2 is 2.20 bits per heavy atom. The van der Waals surface area contributed by atoms with Crippen molar-refractivity contribution in [3.05, 3.63) is 11.0 Å². The summed E-state index contributed by atoms with van der Waals surface area (Å²) in [5.41, 5.74) is 0.0323. The van der Waals surface area contributed by atoms with Crippen molar-refractivity contribution in [3.8, 4) is 0 Å². The maximum atomic E-state index is 5.29. The van der Waals surface area contributed by atoms with Gasteiger partial charge in [0.25, 0.3) is 0 Å². The molecule has 1 rings (SSSR count). The summed E-state index contributed by atoms with van der Waals surface area (Å²) in [6, 6.07) is 0. The van der Waals surface area contributed by atoms with E-state index in [2.05, 4.69) is 32.2 Å². The molecule has 84 valence electrons. The maximum Gasteiger partial charge on any atom is 0.1000 e. The third-order valence-corrected chi connectivity index (χ3v) is 3.74. The third kappa shape index (κ3) is 4.62. The molecule has 0 amide bonds. The Hall–Kier alpha value is 0.0700. The number of rotatable bonds is 2. The summed E-state index contributed by atoms with van der Waals surface area (Å²) in [5, 5.41) is 5.14. The molecule has 1 atom stereocenters. The second kappa shape index (κ2) is 5.41. The fraction of sp³-hybridized carbons (Fsp3) is 0.636. The average molecular weight is 259 g/mol. The van der Waals surface area contributed by atoms with Gasteiger partial charge in [0, 0.05) is 11.5 Å². The van der Waals surface area contributed by atoms with E-state index in [0.717, 1.165) is 17.2 Å². The van der Waals surface area contributed by atoms with Crippen LogP contribution in [-0.2, 0) is 0 Å². The molecule has 1 nitrogen and oxygen atoms in total. The SMILES string of the molecule is CC(C)(C)NC(=S)/C=C1/SCCC1C=S. The number of allylic oxidation sites excluding steroid dienone is 1. The van der Waals surface area contributed by atoms with E-state index in [1.165, 1.54) is 4.91 Å². The van der Waals surface area contributed by atoms with Crippen LogP contribution in [0.25, 0.3) is 0 Å². The van der Waals surface area contributed by atoms with Crippen LogP contribution >= 0.6 is 36.2 Å². The van der Waals surface area contributed by atoms with E-state index in [4.69, 9.17) is 24.4 Å². The second-order valence-electron chi connectivity index (χ2n) is 4.67. The van der Waals surface area contributed by atoms with E-state index in [9.17, 15) is 0 Å². The molecule has 4 heteroatoms. The molecule has 0 aromatic heterocycles. The molecule has 0 bridgehead atoms. The highest BCUT2D eigenvalue weighted by molar-refractivity contribution is 8.03. The molecule has 0 spiro atoms. The first-order chi connectivity index (χ1) is 6.92. The molecule has 0 saturated carbocycles. The van der Waals surface area contributed by atoms with E-state index < -0.39 is 0 Å². The zero-order chi connectivity index (χ0) is 11.5. The van der Waals surface area contributed by atoms with E-state index in [1.807, 2.05) is 17.1 Å². The molecule has 1 fully saturated rings. The zero-order valence-electron chi connectivity index (χ0n) is 9.37. The Kier molecular flexibility index (Phi) is 4.74. The van der Waals surface area contributed by atoms with Crippen molar-refractivity contribution >= 4 is 46.6 Å². The van der Waals surface area contributed by atoms with Crippen LogP contribution < -0.4 is 5.32 Å². The van der Waals surface area contributed by atoms with Crippen LogP contribution in [0.2, 0.25) is 0 Å². The number of nitrogens with one attached hydrogen (secondary N) is 1. The van der Waals surface area contributed by atoms with Crippen molar-refractivity contribution in [3.63, 3.8) is 0 Å². The molecular weight excluding hydrogens is 242 g/mol. The number of hydrogen-bond acceptors (Lipinski definition) is 3. The molecule has 0 radical (unpaired) electrons. The average Bonchev–Trinajstić information content (AvgIpc) is 2.48. The third-order valence-electron chi connectivity index (χ3n) is 2.00. The summed E-state index contributed by atoms with van der Waals surface area (Å²) in [4.78, 5) is 2.13. The van der Waals surface area contributed by atoms with Crippen LogP contribution in [0, 0.1) is 5.92 Å². The van der Waals surface area contributed by atoms with Gasteiger partial charge in [-0.25, -0.2) is 0 Å². The molecule has 1 unspecified atom stereocenters. The predicted octanol–water partition coefficient (Wildman–Crippen LogP) is 3.34. The molecular formula is C11H17NS3. The Labute approximate surface area is 107 Å². The van der Waals surface area contributed by atoms with Gasteiger partial charge >= 0.3 is 0 Å². The van der Waals surface area contributed by atoms with Crippen molar-refractivity contribution in [2.24, 2.45) is 5.92 Å². The fourth-order valence-electron chi connectivity index (χ4n) is 1.37. The van der Waals surface area contributed by atoms with E-state index in [1.54, 1.807) is 0 Å². The smallest absolute Gasteiger partial charge is 0.1000 e. The van der Waals surface area contributed by atoms with Gasteiger partial charge in [0.15, 0.2) is 0 Å². The predicted molar refractivity (Wildman–Crippen MR) is 77.8 cm³/mol. The molecule has 1 heterocycles.